The van der Waals surface area contributed by atoms with Crippen molar-refractivity contribution < 1.29 is 13.9 Å². The molecule has 2 atom stereocenters. The summed E-state index contributed by atoms with van der Waals surface area (Å²) in [7, 11) is 1.66. The number of nitrogens with zero attached hydrogens (tertiary/aromatic N) is 3. The van der Waals surface area contributed by atoms with Crippen LogP contribution in [0.2, 0.25) is 0 Å². The molecule has 3 heterocycles. The summed E-state index contributed by atoms with van der Waals surface area (Å²) in [5.74, 6) is 0.698. The molecule has 2 aliphatic heterocycles. The topological polar surface area (TPSA) is 69.7 Å². The second-order valence-corrected chi connectivity index (χ2v) is 9.58. The van der Waals surface area contributed by atoms with Gasteiger partial charge < -0.3 is 9.64 Å². The predicted octanol–water partition coefficient (Wildman–Crippen LogP) is 3.21. The Morgan fingerprint density at radius 3 is 2.53 bits per heavy atom. The standard InChI is InChI=1S/C25H28FN5O2S/c1-33-20-8-4-18(5-9-20)23-16-34-24(27-23)15-30-10-12-31(13-11-30)25(32)22-14-21(28-29-22)17-2-6-19(26)7-3-17/h2-9,16,21-22,28-29H,10-15H2,1H3. The SMILES string of the molecule is COc1ccc(-c2csc(CN3CCN(C(=O)C4CC(c5ccc(F)cc5)NN4)CC3)n2)cc1. The Kier molecular flexibility index (Phi) is 6.87. The van der Waals surface area contributed by atoms with Gasteiger partial charge >= 0.3 is 0 Å². The third kappa shape index (κ3) is 5.12. The first-order valence-electron chi connectivity index (χ1n) is 11.5. The van der Waals surface area contributed by atoms with Crippen molar-refractivity contribution >= 4 is 17.2 Å². The lowest BCUT2D eigenvalue weighted by Crippen LogP contribution is -2.53. The predicted molar refractivity (Wildman–Crippen MR) is 130 cm³/mol. The molecule has 1 aromatic heterocycles. The summed E-state index contributed by atoms with van der Waals surface area (Å²) in [5, 5.41) is 3.17. The van der Waals surface area contributed by atoms with Gasteiger partial charge in [0.2, 0.25) is 5.91 Å². The van der Waals surface area contributed by atoms with Crippen molar-refractivity contribution in [1.82, 2.24) is 25.6 Å². The van der Waals surface area contributed by atoms with E-state index in [0.717, 1.165) is 47.2 Å². The molecule has 2 saturated heterocycles. The molecule has 2 aromatic carbocycles. The van der Waals surface area contributed by atoms with E-state index in [9.17, 15) is 9.18 Å². The Labute approximate surface area is 202 Å². The van der Waals surface area contributed by atoms with Crippen LogP contribution in [0.4, 0.5) is 4.39 Å². The van der Waals surface area contributed by atoms with Gasteiger partial charge in [-0.05, 0) is 48.4 Å². The maximum Gasteiger partial charge on any atom is 0.241 e. The lowest BCUT2D eigenvalue weighted by Gasteiger charge is -2.35. The number of methoxy groups -OCH3 is 1. The van der Waals surface area contributed by atoms with Crippen LogP contribution in [0.1, 0.15) is 23.0 Å². The average Bonchev–Trinajstić information content (AvgIpc) is 3.55. The summed E-state index contributed by atoms with van der Waals surface area (Å²) in [6.07, 6.45) is 0.651. The Balaban J connectivity index is 1.11. The Morgan fingerprint density at radius 2 is 1.82 bits per heavy atom. The number of carbonyl (C=O) groups is 1. The number of halogens is 1. The van der Waals surface area contributed by atoms with Crippen LogP contribution in [0.3, 0.4) is 0 Å². The zero-order valence-corrected chi connectivity index (χ0v) is 19.9. The minimum atomic E-state index is -0.271. The summed E-state index contributed by atoms with van der Waals surface area (Å²) in [6, 6.07) is 14.1. The number of hydrogen-bond acceptors (Lipinski definition) is 7. The molecule has 2 N–H and O–H groups in total. The Morgan fingerprint density at radius 1 is 1.09 bits per heavy atom. The second-order valence-electron chi connectivity index (χ2n) is 8.64. The highest BCUT2D eigenvalue weighted by Gasteiger charge is 2.34. The van der Waals surface area contributed by atoms with Gasteiger partial charge in [-0.1, -0.05) is 12.1 Å². The number of ether oxygens (including phenoxy) is 1. The van der Waals surface area contributed by atoms with Crippen molar-refractivity contribution in [3.05, 3.63) is 70.3 Å². The number of benzene rings is 2. The van der Waals surface area contributed by atoms with Crippen molar-refractivity contribution in [2.75, 3.05) is 33.3 Å². The molecule has 0 saturated carbocycles. The molecule has 0 radical (unpaired) electrons. The van der Waals surface area contributed by atoms with Crippen molar-refractivity contribution in [3.63, 3.8) is 0 Å². The summed E-state index contributed by atoms with van der Waals surface area (Å²) < 4.78 is 18.4. The number of thiazole rings is 1. The minimum absolute atomic E-state index is 0.000592. The fraction of sp³-hybridized carbons (Fsp3) is 0.360. The van der Waals surface area contributed by atoms with Crippen LogP contribution >= 0.6 is 11.3 Å². The third-order valence-corrected chi connectivity index (χ3v) is 7.29. The highest BCUT2D eigenvalue weighted by molar-refractivity contribution is 7.09. The van der Waals surface area contributed by atoms with Gasteiger partial charge in [0.1, 0.15) is 22.6 Å². The van der Waals surface area contributed by atoms with E-state index >= 15 is 0 Å². The van der Waals surface area contributed by atoms with E-state index < -0.39 is 0 Å². The molecule has 2 fully saturated rings. The van der Waals surface area contributed by atoms with Crippen molar-refractivity contribution in [1.29, 1.82) is 0 Å². The van der Waals surface area contributed by atoms with Crippen LogP contribution in [0.5, 0.6) is 5.75 Å². The maximum atomic E-state index is 13.2. The van der Waals surface area contributed by atoms with Crippen LogP contribution in [0.25, 0.3) is 11.3 Å². The fourth-order valence-electron chi connectivity index (χ4n) is 4.45. The zero-order chi connectivity index (χ0) is 23.5. The van der Waals surface area contributed by atoms with Gasteiger partial charge in [-0.3, -0.25) is 9.69 Å². The molecule has 2 aliphatic rings. The largest absolute Gasteiger partial charge is 0.497 e. The van der Waals surface area contributed by atoms with E-state index in [4.69, 9.17) is 9.72 Å². The average molecular weight is 482 g/mol. The van der Waals surface area contributed by atoms with Crippen LogP contribution < -0.4 is 15.6 Å². The highest BCUT2D eigenvalue weighted by Crippen LogP contribution is 2.26. The van der Waals surface area contributed by atoms with E-state index in [-0.39, 0.29) is 23.8 Å². The summed E-state index contributed by atoms with van der Waals surface area (Å²) in [6.45, 7) is 3.85. The Bertz CT molecular complexity index is 1110. The lowest BCUT2D eigenvalue weighted by molar-refractivity contribution is -0.135. The molecule has 0 bridgehead atoms. The van der Waals surface area contributed by atoms with Crippen LogP contribution in [0.15, 0.2) is 53.9 Å². The van der Waals surface area contributed by atoms with Gasteiger partial charge in [-0.15, -0.1) is 11.3 Å². The number of piperazine rings is 1. The molecule has 178 valence electrons. The number of hydrogen-bond donors (Lipinski definition) is 2. The molecule has 9 heteroatoms. The molecular formula is C25H28FN5O2S. The van der Waals surface area contributed by atoms with Crippen molar-refractivity contribution in [2.45, 2.75) is 25.0 Å². The molecule has 3 aromatic rings. The molecule has 0 aliphatic carbocycles. The minimum Gasteiger partial charge on any atom is -0.497 e. The van der Waals surface area contributed by atoms with Gasteiger partial charge in [0, 0.05) is 43.2 Å². The van der Waals surface area contributed by atoms with Gasteiger partial charge in [0.25, 0.3) is 0 Å². The maximum absolute atomic E-state index is 13.2. The first kappa shape index (κ1) is 22.9. The number of nitrogens with one attached hydrogen (secondary N) is 2. The number of hydrazine groups is 1. The molecular weight excluding hydrogens is 453 g/mol. The smallest absolute Gasteiger partial charge is 0.241 e. The highest BCUT2D eigenvalue weighted by atomic mass is 32.1. The van der Waals surface area contributed by atoms with Gasteiger partial charge in [-0.2, -0.15) is 0 Å². The van der Waals surface area contributed by atoms with E-state index in [2.05, 4.69) is 21.1 Å². The van der Waals surface area contributed by atoms with E-state index in [0.29, 0.717) is 19.5 Å². The summed E-state index contributed by atoms with van der Waals surface area (Å²) >= 11 is 1.67. The van der Waals surface area contributed by atoms with Crippen LogP contribution in [0, 0.1) is 5.82 Å². The van der Waals surface area contributed by atoms with E-state index in [1.165, 1.54) is 12.1 Å². The van der Waals surface area contributed by atoms with Crippen LogP contribution in [-0.2, 0) is 11.3 Å². The Hall–Kier alpha value is -2.85. The number of aromatic nitrogens is 1. The number of carbonyl (C=O) groups excluding carboxylic acids is 1. The second kappa shape index (κ2) is 10.2. The molecule has 1 amide bonds. The molecule has 0 spiro atoms. The molecule has 7 nitrogen and oxygen atoms in total. The third-order valence-electron chi connectivity index (χ3n) is 6.45. The fourth-order valence-corrected chi connectivity index (χ4v) is 5.29. The van der Waals surface area contributed by atoms with Gasteiger partial charge in [0.05, 0.1) is 19.3 Å². The van der Waals surface area contributed by atoms with E-state index in [1.807, 2.05) is 29.2 Å². The van der Waals surface area contributed by atoms with Crippen molar-refractivity contribution in [3.8, 4) is 17.0 Å². The quantitative estimate of drug-likeness (QED) is 0.564. The van der Waals surface area contributed by atoms with E-state index in [1.54, 1.807) is 30.6 Å². The molecule has 5 rings (SSSR count). The van der Waals surface area contributed by atoms with Crippen molar-refractivity contribution in [2.24, 2.45) is 0 Å². The number of amides is 1. The normalized spacial score (nSPS) is 21.1. The summed E-state index contributed by atoms with van der Waals surface area (Å²) in [4.78, 5) is 22.1. The van der Waals surface area contributed by atoms with Crippen LogP contribution in [-0.4, -0.2) is 60.0 Å². The zero-order valence-electron chi connectivity index (χ0n) is 19.0. The lowest BCUT2D eigenvalue weighted by atomic mass is 10.0. The number of rotatable bonds is 6. The monoisotopic (exact) mass is 481 g/mol. The summed E-state index contributed by atoms with van der Waals surface area (Å²) in [5.41, 5.74) is 9.35. The first-order chi connectivity index (χ1) is 16.6. The molecule has 2 unspecified atom stereocenters. The van der Waals surface area contributed by atoms with Gasteiger partial charge in [0.15, 0.2) is 0 Å². The first-order valence-corrected chi connectivity index (χ1v) is 12.3. The van der Waals surface area contributed by atoms with Gasteiger partial charge in [-0.25, -0.2) is 20.2 Å². The molecule has 34 heavy (non-hydrogen) atoms.